The second kappa shape index (κ2) is 7.56. The van der Waals surface area contributed by atoms with Crippen LogP contribution in [0.15, 0.2) is 42.5 Å². The fraction of sp³-hybridized carbons (Fsp3) is 0.333. The smallest absolute Gasteiger partial charge is 0.0481 e. The highest BCUT2D eigenvalue weighted by atomic mass is 14.6. The van der Waals surface area contributed by atoms with Crippen molar-refractivity contribution in [1.29, 1.82) is 0 Å². The van der Waals surface area contributed by atoms with Crippen LogP contribution in [0.3, 0.4) is 0 Å². The lowest BCUT2D eigenvalue weighted by molar-refractivity contribution is 0.909. The van der Waals surface area contributed by atoms with Gasteiger partial charge >= 0.3 is 0 Å². The molecule has 0 amide bonds. The minimum absolute atomic E-state index is 0. The number of rotatable bonds is 2. The van der Waals surface area contributed by atoms with Gasteiger partial charge in [-0.3, -0.25) is 0 Å². The first-order valence-corrected chi connectivity index (χ1v) is 4.78. The highest BCUT2D eigenvalue weighted by Gasteiger charge is 1.97. The average molecular weight is 179 g/mol. The first-order chi connectivity index (χ1) is 6.34. The second-order valence-electron chi connectivity index (χ2n) is 2.46. The van der Waals surface area contributed by atoms with E-state index in [9.17, 15) is 0 Å². The molecule has 0 aromatic heterocycles. The highest BCUT2D eigenvalue weighted by molar-refractivity contribution is 5.21. The van der Waals surface area contributed by atoms with Crippen LogP contribution < -0.4 is 5.73 Å². The molecule has 0 saturated carbocycles. The largest absolute Gasteiger partial charge is 0.321 e. The van der Waals surface area contributed by atoms with Crippen molar-refractivity contribution in [2.24, 2.45) is 5.73 Å². The van der Waals surface area contributed by atoms with Crippen LogP contribution in [0.4, 0.5) is 0 Å². The van der Waals surface area contributed by atoms with E-state index in [0.717, 1.165) is 5.56 Å². The maximum absolute atomic E-state index is 5.82. The third kappa shape index (κ3) is 4.48. The lowest BCUT2D eigenvalue weighted by Crippen LogP contribution is -2.05. The SMILES string of the molecule is C/C=C/C(N)c1ccccc1.CC.[HH]. The van der Waals surface area contributed by atoms with Gasteiger partial charge in [0.2, 0.25) is 0 Å². The second-order valence-corrected chi connectivity index (χ2v) is 2.46. The molecule has 0 fully saturated rings. The molecule has 1 unspecified atom stereocenters. The summed E-state index contributed by atoms with van der Waals surface area (Å²) in [5.41, 5.74) is 6.98. The lowest BCUT2D eigenvalue weighted by atomic mass is 10.1. The summed E-state index contributed by atoms with van der Waals surface area (Å²) in [6, 6.07) is 10.1. The molecule has 1 aromatic carbocycles. The standard InChI is InChI=1S/C10H13N.C2H6.H2/c1-2-6-10(11)9-7-4-3-5-8-9;1-2;/h2-8,10H,11H2,1H3;1-2H3;1H/b6-2+;;. The Morgan fingerprint density at radius 1 is 1.23 bits per heavy atom. The molecule has 1 atom stereocenters. The maximum Gasteiger partial charge on any atom is 0.0481 e. The quantitative estimate of drug-likeness (QED) is 0.690. The molecule has 1 heteroatoms. The number of allylic oxidation sites excluding steroid dienone is 1. The molecule has 2 N–H and O–H groups in total. The van der Waals surface area contributed by atoms with Crippen molar-refractivity contribution in [2.75, 3.05) is 0 Å². The van der Waals surface area contributed by atoms with Gasteiger partial charge in [0, 0.05) is 7.47 Å². The summed E-state index contributed by atoms with van der Waals surface area (Å²) in [5, 5.41) is 0. The third-order valence-electron chi connectivity index (χ3n) is 1.58. The molecule has 0 heterocycles. The number of nitrogens with two attached hydrogens (primary N) is 1. The highest BCUT2D eigenvalue weighted by Crippen LogP contribution is 2.09. The van der Waals surface area contributed by atoms with E-state index in [1.54, 1.807) is 0 Å². The van der Waals surface area contributed by atoms with Crippen LogP contribution in [0.1, 0.15) is 33.8 Å². The summed E-state index contributed by atoms with van der Waals surface area (Å²) in [6.07, 6.45) is 3.95. The van der Waals surface area contributed by atoms with Crippen LogP contribution >= 0.6 is 0 Å². The van der Waals surface area contributed by atoms with E-state index in [2.05, 4.69) is 0 Å². The lowest BCUT2D eigenvalue weighted by Gasteiger charge is -2.04. The van der Waals surface area contributed by atoms with Gasteiger partial charge in [-0.25, -0.2) is 0 Å². The minimum Gasteiger partial charge on any atom is -0.321 e. The summed E-state index contributed by atoms with van der Waals surface area (Å²) in [5.74, 6) is 0. The Morgan fingerprint density at radius 2 is 1.77 bits per heavy atom. The van der Waals surface area contributed by atoms with Gasteiger partial charge in [-0.1, -0.05) is 56.3 Å². The van der Waals surface area contributed by atoms with E-state index in [-0.39, 0.29) is 7.47 Å². The molecule has 1 nitrogen and oxygen atoms in total. The van der Waals surface area contributed by atoms with Crippen molar-refractivity contribution in [1.82, 2.24) is 0 Å². The molecule has 13 heavy (non-hydrogen) atoms. The van der Waals surface area contributed by atoms with Crippen molar-refractivity contribution in [3.8, 4) is 0 Å². The van der Waals surface area contributed by atoms with Crippen molar-refractivity contribution in [3.05, 3.63) is 48.0 Å². The summed E-state index contributed by atoms with van der Waals surface area (Å²) < 4.78 is 0. The predicted octanol–water partition coefficient (Wildman–Crippen LogP) is 3.53. The van der Waals surface area contributed by atoms with Crippen LogP contribution in [0.5, 0.6) is 0 Å². The topological polar surface area (TPSA) is 26.0 Å². The van der Waals surface area contributed by atoms with Crippen LogP contribution in [-0.2, 0) is 0 Å². The van der Waals surface area contributed by atoms with Gasteiger partial charge in [-0.2, -0.15) is 0 Å². The van der Waals surface area contributed by atoms with E-state index >= 15 is 0 Å². The van der Waals surface area contributed by atoms with E-state index in [4.69, 9.17) is 5.73 Å². The minimum atomic E-state index is 0. The molecule has 0 aliphatic carbocycles. The molecule has 0 aliphatic heterocycles. The zero-order chi connectivity index (χ0) is 10.1. The van der Waals surface area contributed by atoms with Crippen molar-refractivity contribution in [3.63, 3.8) is 0 Å². The van der Waals surface area contributed by atoms with Gasteiger partial charge < -0.3 is 5.73 Å². The summed E-state index contributed by atoms with van der Waals surface area (Å²) in [6.45, 7) is 5.98. The zero-order valence-electron chi connectivity index (χ0n) is 8.70. The van der Waals surface area contributed by atoms with Gasteiger partial charge in [-0.15, -0.1) is 0 Å². The molecule has 1 rings (SSSR count). The fourth-order valence-corrected chi connectivity index (χ4v) is 0.994. The Kier molecular flexibility index (Phi) is 6.93. The predicted molar refractivity (Wildman–Crippen MR) is 61.6 cm³/mol. The van der Waals surface area contributed by atoms with Crippen LogP contribution in [-0.4, -0.2) is 0 Å². The number of hydrogen-bond donors (Lipinski definition) is 1. The van der Waals surface area contributed by atoms with E-state index in [0.29, 0.717) is 0 Å². The molecule has 74 valence electrons. The first kappa shape index (κ1) is 11.9. The van der Waals surface area contributed by atoms with Gasteiger partial charge in [0.05, 0.1) is 0 Å². The Labute approximate surface area is 82.8 Å². The van der Waals surface area contributed by atoms with E-state index in [1.165, 1.54) is 0 Å². The van der Waals surface area contributed by atoms with Crippen molar-refractivity contribution >= 4 is 0 Å². The van der Waals surface area contributed by atoms with Gasteiger partial charge in [0.15, 0.2) is 0 Å². The van der Waals surface area contributed by atoms with Gasteiger partial charge in [0.1, 0.15) is 0 Å². The summed E-state index contributed by atoms with van der Waals surface area (Å²) in [4.78, 5) is 0. The average Bonchev–Trinajstić information content (AvgIpc) is 2.23. The molecule has 0 bridgehead atoms. The Hall–Kier alpha value is -1.08. The van der Waals surface area contributed by atoms with Crippen molar-refractivity contribution < 1.29 is 1.43 Å². The van der Waals surface area contributed by atoms with Gasteiger partial charge in [0.25, 0.3) is 0 Å². The molecular weight excluding hydrogens is 158 g/mol. The molecule has 0 saturated heterocycles. The van der Waals surface area contributed by atoms with E-state index < -0.39 is 0 Å². The molecule has 1 aromatic rings. The van der Waals surface area contributed by atoms with Crippen molar-refractivity contribution in [2.45, 2.75) is 26.8 Å². The van der Waals surface area contributed by atoms with Gasteiger partial charge in [-0.05, 0) is 12.5 Å². The summed E-state index contributed by atoms with van der Waals surface area (Å²) in [7, 11) is 0. The zero-order valence-corrected chi connectivity index (χ0v) is 8.70. The normalized spacial score (nSPS) is 12.0. The Balaban J connectivity index is 0. The Bertz CT molecular complexity index is 231. The maximum atomic E-state index is 5.82. The van der Waals surface area contributed by atoms with Crippen LogP contribution in [0, 0.1) is 0 Å². The molecular formula is C12H21N. The Morgan fingerprint density at radius 3 is 2.23 bits per heavy atom. The van der Waals surface area contributed by atoms with Crippen LogP contribution in [0.2, 0.25) is 0 Å². The monoisotopic (exact) mass is 179 g/mol. The third-order valence-corrected chi connectivity index (χ3v) is 1.58. The number of hydrogen-bond acceptors (Lipinski definition) is 1. The molecule has 0 spiro atoms. The van der Waals surface area contributed by atoms with Crippen LogP contribution in [0.25, 0.3) is 0 Å². The fourth-order valence-electron chi connectivity index (χ4n) is 0.994. The first-order valence-electron chi connectivity index (χ1n) is 4.78. The molecule has 0 aliphatic rings. The summed E-state index contributed by atoms with van der Waals surface area (Å²) >= 11 is 0. The van der Waals surface area contributed by atoms with E-state index in [1.807, 2.05) is 63.3 Å². The number of benzene rings is 1. The molecule has 0 radical (unpaired) electrons.